The summed E-state index contributed by atoms with van der Waals surface area (Å²) in [5.41, 5.74) is 0.503. The summed E-state index contributed by atoms with van der Waals surface area (Å²) in [6, 6.07) is 6.13. The van der Waals surface area contributed by atoms with Crippen LogP contribution in [-0.4, -0.2) is 25.3 Å². The Morgan fingerprint density at radius 1 is 1.27 bits per heavy atom. The van der Waals surface area contributed by atoms with E-state index in [1.54, 1.807) is 12.1 Å². The molecule has 26 heavy (non-hydrogen) atoms. The molecule has 3 rings (SSSR count). The molecule has 0 saturated heterocycles. The molecule has 0 radical (unpaired) electrons. The van der Waals surface area contributed by atoms with Crippen LogP contribution in [0.2, 0.25) is 5.02 Å². The summed E-state index contributed by atoms with van der Waals surface area (Å²) in [6.07, 6.45) is 0.836. The highest BCUT2D eigenvalue weighted by Crippen LogP contribution is 2.38. The van der Waals surface area contributed by atoms with E-state index >= 15 is 0 Å². The molecule has 0 aromatic heterocycles. The van der Waals surface area contributed by atoms with Crippen LogP contribution in [0.5, 0.6) is 11.5 Å². The molecule has 1 amide bonds. The fourth-order valence-corrected chi connectivity index (χ4v) is 2.49. The highest BCUT2D eigenvalue weighted by Gasteiger charge is 2.16. The van der Waals surface area contributed by atoms with Crippen molar-refractivity contribution >= 4 is 29.4 Å². The lowest BCUT2D eigenvalue weighted by Crippen LogP contribution is -2.16. The van der Waals surface area contributed by atoms with Gasteiger partial charge < -0.3 is 19.6 Å². The van der Waals surface area contributed by atoms with Crippen molar-refractivity contribution in [1.29, 1.82) is 0 Å². The second kappa shape index (κ2) is 8.01. The van der Waals surface area contributed by atoms with Gasteiger partial charge in [0.25, 0.3) is 5.91 Å². The van der Waals surface area contributed by atoms with Crippen LogP contribution in [0.4, 0.5) is 14.5 Å². The third-order valence-electron chi connectivity index (χ3n) is 3.32. The van der Waals surface area contributed by atoms with Gasteiger partial charge in [-0.15, -0.1) is 0 Å². The number of ether oxygens (including phenoxy) is 2. The van der Waals surface area contributed by atoms with Gasteiger partial charge in [0.05, 0.1) is 10.7 Å². The van der Waals surface area contributed by atoms with Gasteiger partial charge in [0.2, 0.25) is 0 Å². The molecule has 0 fully saturated rings. The minimum atomic E-state index is -0.890. The van der Waals surface area contributed by atoms with E-state index in [0.29, 0.717) is 41.4 Å². The topological polar surface area (TPSA) is 69.2 Å². The first kappa shape index (κ1) is 17.9. The molecule has 2 aromatic rings. The van der Waals surface area contributed by atoms with Crippen LogP contribution in [0, 0.1) is 11.6 Å². The Bertz CT molecular complexity index is 861. The van der Waals surface area contributed by atoms with Crippen LogP contribution in [0.25, 0.3) is 0 Å². The van der Waals surface area contributed by atoms with E-state index in [2.05, 4.69) is 10.5 Å². The maximum absolute atomic E-state index is 13.4. The van der Waals surface area contributed by atoms with Crippen LogP contribution in [0.15, 0.2) is 35.5 Å². The average molecular weight is 383 g/mol. The molecule has 1 aliphatic rings. The number of hydrogen-bond acceptors (Lipinski definition) is 5. The van der Waals surface area contributed by atoms with E-state index in [4.69, 9.17) is 25.9 Å². The van der Waals surface area contributed by atoms with Gasteiger partial charge in [-0.2, -0.15) is 0 Å². The summed E-state index contributed by atoms with van der Waals surface area (Å²) in [7, 11) is 0. The van der Waals surface area contributed by atoms with Crippen LogP contribution < -0.4 is 14.8 Å². The van der Waals surface area contributed by atoms with Crippen LogP contribution >= 0.6 is 11.6 Å². The first-order valence-electron chi connectivity index (χ1n) is 7.52. The van der Waals surface area contributed by atoms with Gasteiger partial charge in [0.1, 0.15) is 37.7 Å². The Morgan fingerprint density at radius 3 is 2.88 bits per heavy atom. The largest absolute Gasteiger partial charge is 0.486 e. The Hall–Kier alpha value is -2.87. The lowest BCUT2D eigenvalue weighted by molar-refractivity contribution is -0.110. The van der Waals surface area contributed by atoms with Gasteiger partial charge in [-0.25, -0.2) is 8.78 Å². The predicted octanol–water partition coefficient (Wildman–Crippen LogP) is 3.53. The van der Waals surface area contributed by atoms with Crippen molar-refractivity contribution in [2.24, 2.45) is 5.16 Å². The molecular formula is C17H13ClF2N2O4. The molecule has 9 heteroatoms. The van der Waals surface area contributed by atoms with E-state index < -0.39 is 17.5 Å². The second-order valence-corrected chi connectivity index (χ2v) is 5.63. The van der Waals surface area contributed by atoms with Crippen molar-refractivity contribution < 1.29 is 27.9 Å². The van der Waals surface area contributed by atoms with Crippen LogP contribution in [0.1, 0.15) is 5.56 Å². The number of benzene rings is 2. The SMILES string of the molecule is O=C(/C=N/OCc1cc(Cl)c2c(c1)OCCO2)Nc1ccc(F)cc1F. The van der Waals surface area contributed by atoms with Gasteiger partial charge in [-0.1, -0.05) is 16.8 Å². The van der Waals surface area contributed by atoms with Crippen molar-refractivity contribution in [3.05, 3.63) is 52.6 Å². The number of amides is 1. The van der Waals surface area contributed by atoms with Crippen molar-refractivity contribution in [3.63, 3.8) is 0 Å². The fourth-order valence-electron chi connectivity index (χ4n) is 2.20. The predicted molar refractivity (Wildman–Crippen MR) is 90.7 cm³/mol. The molecular weight excluding hydrogens is 370 g/mol. The lowest BCUT2D eigenvalue weighted by Gasteiger charge is -2.20. The van der Waals surface area contributed by atoms with Gasteiger partial charge in [0, 0.05) is 6.07 Å². The zero-order valence-electron chi connectivity index (χ0n) is 13.3. The third kappa shape index (κ3) is 4.40. The van der Waals surface area contributed by atoms with Crippen molar-refractivity contribution in [2.75, 3.05) is 18.5 Å². The minimum absolute atomic E-state index is 0.0328. The van der Waals surface area contributed by atoms with Gasteiger partial charge >= 0.3 is 0 Å². The van der Waals surface area contributed by atoms with Crippen LogP contribution in [-0.2, 0) is 16.2 Å². The van der Waals surface area contributed by atoms with E-state index in [-0.39, 0.29) is 12.3 Å². The molecule has 2 aromatic carbocycles. The Balaban J connectivity index is 1.54. The van der Waals surface area contributed by atoms with Gasteiger partial charge in [-0.3, -0.25) is 4.79 Å². The van der Waals surface area contributed by atoms with E-state index in [9.17, 15) is 13.6 Å². The molecule has 0 saturated carbocycles. The minimum Gasteiger partial charge on any atom is -0.486 e. The maximum Gasteiger partial charge on any atom is 0.270 e. The summed E-state index contributed by atoms with van der Waals surface area (Å²) in [4.78, 5) is 16.7. The van der Waals surface area contributed by atoms with E-state index in [0.717, 1.165) is 18.3 Å². The highest BCUT2D eigenvalue weighted by molar-refractivity contribution is 6.32. The van der Waals surface area contributed by atoms with Crippen molar-refractivity contribution in [3.8, 4) is 11.5 Å². The number of anilines is 1. The van der Waals surface area contributed by atoms with Gasteiger partial charge in [0.15, 0.2) is 11.5 Å². The van der Waals surface area contributed by atoms with Crippen LogP contribution in [0.3, 0.4) is 0 Å². The molecule has 1 N–H and O–H groups in total. The Kier molecular flexibility index (Phi) is 5.52. The number of hydrogen-bond donors (Lipinski definition) is 1. The summed E-state index contributed by atoms with van der Waals surface area (Å²) in [5, 5.41) is 6.11. The number of carbonyl (C=O) groups excluding carboxylic acids is 1. The Labute approximate surface area is 152 Å². The molecule has 0 atom stereocenters. The molecule has 6 nitrogen and oxygen atoms in total. The summed E-state index contributed by atoms with van der Waals surface area (Å²) < 4.78 is 37.1. The zero-order valence-corrected chi connectivity index (χ0v) is 14.1. The highest BCUT2D eigenvalue weighted by atomic mass is 35.5. The van der Waals surface area contributed by atoms with Gasteiger partial charge in [-0.05, 0) is 29.8 Å². The quantitative estimate of drug-likeness (QED) is 0.634. The summed E-state index contributed by atoms with van der Waals surface area (Å²) in [6.45, 7) is 0.883. The molecule has 0 bridgehead atoms. The molecule has 136 valence electrons. The first-order chi connectivity index (χ1) is 12.5. The molecule has 0 aliphatic carbocycles. The molecule has 1 heterocycles. The number of halogens is 3. The monoisotopic (exact) mass is 382 g/mol. The van der Waals surface area contributed by atoms with E-state index in [1.807, 2.05) is 0 Å². The average Bonchev–Trinajstić information content (AvgIpc) is 2.61. The van der Waals surface area contributed by atoms with Crippen molar-refractivity contribution in [1.82, 2.24) is 0 Å². The number of nitrogens with zero attached hydrogens (tertiary/aromatic N) is 1. The number of carbonyl (C=O) groups is 1. The Morgan fingerprint density at radius 2 is 2.08 bits per heavy atom. The third-order valence-corrected chi connectivity index (χ3v) is 3.60. The fraction of sp³-hybridized carbons (Fsp3) is 0.176. The standard InChI is InChI=1S/C17H13ClF2N2O4/c18-12-5-10(6-15-17(12)25-4-3-24-15)9-26-21-8-16(23)22-14-2-1-11(19)7-13(14)20/h1-2,5-8H,3-4,9H2,(H,22,23)/b21-8+. The van der Waals surface area contributed by atoms with E-state index in [1.165, 1.54) is 0 Å². The second-order valence-electron chi connectivity index (χ2n) is 5.22. The number of nitrogens with one attached hydrogen (secondary N) is 1. The summed E-state index contributed by atoms with van der Waals surface area (Å²) >= 11 is 6.10. The van der Waals surface area contributed by atoms with Crippen molar-refractivity contribution in [2.45, 2.75) is 6.61 Å². The zero-order chi connectivity index (χ0) is 18.5. The smallest absolute Gasteiger partial charge is 0.270 e. The number of oxime groups is 1. The number of fused-ring (bicyclic) bond motifs is 1. The first-order valence-corrected chi connectivity index (χ1v) is 7.90. The normalized spacial score (nSPS) is 12.9. The molecule has 1 aliphatic heterocycles. The maximum atomic E-state index is 13.4. The number of rotatable bonds is 5. The summed E-state index contributed by atoms with van der Waals surface area (Å²) in [5.74, 6) is -1.37. The lowest BCUT2D eigenvalue weighted by atomic mass is 10.2. The molecule has 0 unspecified atom stereocenters. The molecule has 0 spiro atoms.